The van der Waals surface area contributed by atoms with Gasteiger partial charge in [-0.15, -0.1) is 0 Å². The summed E-state index contributed by atoms with van der Waals surface area (Å²) in [6.07, 6.45) is -0.945. The summed E-state index contributed by atoms with van der Waals surface area (Å²) in [6, 6.07) is 26.9. The maximum Gasteiger partial charge on any atom is 0.262 e. The maximum absolute atomic E-state index is 13.7. The molecule has 1 aromatic heterocycles. The van der Waals surface area contributed by atoms with E-state index in [0.717, 1.165) is 11.3 Å². The number of amides is 2. The molecule has 0 N–H and O–H groups in total. The van der Waals surface area contributed by atoms with Crippen LogP contribution in [0.4, 0.5) is 5.69 Å². The van der Waals surface area contributed by atoms with E-state index in [1.807, 2.05) is 60.7 Å². The summed E-state index contributed by atoms with van der Waals surface area (Å²) in [4.78, 5) is 34.4. The highest BCUT2D eigenvalue weighted by atomic mass is 35.5. The highest BCUT2D eigenvalue weighted by molar-refractivity contribution is 6.36. The quantitative estimate of drug-likeness (QED) is 0.290. The molecule has 2 saturated heterocycles. The van der Waals surface area contributed by atoms with Crippen LogP contribution in [0.15, 0.2) is 95.4 Å². The highest BCUT2D eigenvalue weighted by Crippen LogP contribution is 2.48. The van der Waals surface area contributed by atoms with Crippen molar-refractivity contribution >= 4 is 40.7 Å². The summed E-state index contributed by atoms with van der Waals surface area (Å²) < 4.78 is 6.24. The summed E-state index contributed by atoms with van der Waals surface area (Å²) in [6.45, 7) is 0.191. The zero-order valence-corrected chi connectivity index (χ0v) is 20.4. The Kier molecular flexibility index (Phi) is 5.80. The van der Waals surface area contributed by atoms with Crippen molar-refractivity contribution in [1.82, 2.24) is 4.90 Å². The Morgan fingerprint density at radius 2 is 1.53 bits per heavy atom. The minimum atomic E-state index is -0.945. The van der Waals surface area contributed by atoms with Gasteiger partial charge in [-0.1, -0.05) is 71.7 Å². The smallest absolute Gasteiger partial charge is 0.262 e. The summed E-state index contributed by atoms with van der Waals surface area (Å²) in [5.74, 6) is -0.387. The Bertz CT molecular complexity index is 1440. The van der Waals surface area contributed by atoms with Crippen LogP contribution in [0.5, 0.6) is 0 Å². The molecular formula is C28H20Cl2N2O4. The molecule has 0 aliphatic carbocycles. The van der Waals surface area contributed by atoms with Crippen LogP contribution in [0.3, 0.4) is 0 Å². The molecule has 2 fully saturated rings. The molecule has 0 bridgehead atoms. The van der Waals surface area contributed by atoms with E-state index in [2.05, 4.69) is 0 Å². The number of hydrogen-bond acceptors (Lipinski definition) is 5. The van der Waals surface area contributed by atoms with E-state index in [4.69, 9.17) is 32.5 Å². The van der Waals surface area contributed by atoms with Crippen molar-refractivity contribution in [2.24, 2.45) is 5.92 Å². The number of likely N-dealkylation sites (tertiary alicyclic amines) is 1. The second kappa shape index (κ2) is 9.13. The Morgan fingerprint density at radius 1 is 0.806 bits per heavy atom. The third kappa shape index (κ3) is 3.88. The number of benzene rings is 3. The number of nitrogens with zero attached hydrogens (tertiary/aromatic N) is 2. The van der Waals surface area contributed by atoms with Crippen molar-refractivity contribution in [3.63, 3.8) is 0 Å². The standard InChI is InChI=1S/C28H20Cl2N2O4/c29-18-11-12-20(21(30)15-18)22-13-14-23(35-22)25-24-26(36-32(25)19-9-5-2-6-10-19)28(34)31(27(24)33)16-17-7-3-1-4-8-17/h1-15,24-26H,16H2/t24-,25-,26+/m1/s1. The molecule has 4 aromatic rings. The number of hydroxylamine groups is 1. The largest absolute Gasteiger partial charge is 0.459 e. The lowest BCUT2D eigenvalue weighted by molar-refractivity contribution is -0.143. The molecule has 0 spiro atoms. The van der Waals surface area contributed by atoms with Crippen LogP contribution in [-0.4, -0.2) is 22.8 Å². The number of hydrogen-bond donors (Lipinski definition) is 0. The first-order valence-corrected chi connectivity index (χ1v) is 12.2. The van der Waals surface area contributed by atoms with E-state index >= 15 is 0 Å². The number of furan rings is 1. The number of carbonyl (C=O) groups excluding carboxylic acids is 2. The predicted molar refractivity (Wildman–Crippen MR) is 136 cm³/mol. The molecule has 6 nitrogen and oxygen atoms in total. The number of halogens is 2. The fraction of sp³-hybridized carbons (Fsp3) is 0.143. The third-order valence-corrected chi connectivity index (χ3v) is 7.06. The van der Waals surface area contributed by atoms with Crippen LogP contribution in [0.25, 0.3) is 11.3 Å². The van der Waals surface area contributed by atoms with E-state index in [9.17, 15) is 9.59 Å². The van der Waals surface area contributed by atoms with Gasteiger partial charge < -0.3 is 4.42 Å². The van der Waals surface area contributed by atoms with Crippen molar-refractivity contribution in [2.75, 3.05) is 5.06 Å². The zero-order valence-electron chi connectivity index (χ0n) is 18.9. The first-order chi connectivity index (χ1) is 17.5. The lowest BCUT2D eigenvalue weighted by Gasteiger charge is -2.27. The number of anilines is 1. The van der Waals surface area contributed by atoms with E-state index in [1.165, 1.54) is 4.90 Å². The minimum absolute atomic E-state index is 0.191. The van der Waals surface area contributed by atoms with Crippen LogP contribution in [0.2, 0.25) is 10.0 Å². The van der Waals surface area contributed by atoms with Crippen molar-refractivity contribution in [2.45, 2.75) is 18.7 Å². The molecule has 8 heteroatoms. The first kappa shape index (κ1) is 22.9. The molecular weight excluding hydrogens is 499 g/mol. The molecule has 3 aromatic carbocycles. The van der Waals surface area contributed by atoms with Gasteiger partial charge >= 0.3 is 0 Å². The second-order valence-electron chi connectivity index (χ2n) is 8.73. The van der Waals surface area contributed by atoms with Gasteiger partial charge in [0.25, 0.3) is 5.91 Å². The van der Waals surface area contributed by atoms with Crippen molar-refractivity contribution < 1.29 is 18.8 Å². The summed E-state index contributed by atoms with van der Waals surface area (Å²) >= 11 is 12.5. The van der Waals surface area contributed by atoms with Gasteiger partial charge in [-0.2, -0.15) is 0 Å². The number of fused-ring (bicyclic) bond motifs is 1. The van der Waals surface area contributed by atoms with Gasteiger partial charge in [0.05, 0.1) is 17.3 Å². The highest BCUT2D eigenvalue weighted by Gasteiger charge is 2.60. The average molecular weight is 519 g/mol. The van der Waals surface area contributed by atoms with Crippen molar-refractivity contribution in [3.05, 3.63) is 112 Å². The number of para-hydroxylation sites is 1. The number of rotatable bonds is 5. The van der Waals surface area contributed by atoms with Gasteiger partial charge in [-0.3, -0.25) is 19.3 Å². The average Bonchev–Trinajstić information content (AvgIpc) is 3.57. The van der Waals surface area contributed by atoms with Crippen LogP contribution < -0.4 is 5.06 Å². The van der Waals surface area contributed by atoms with E-state index < -0.39 is 18.1 Å². The van der Waals surface area contributed by atoms with Crippen LogP contribution in [0.1, 0.15) is 17.4 Å². The van der Waals surface area contributed by atoms with Gasteiger partial charge in [0.15, 0.2) is 6.10 Å². The molecule has 0 radical (unpaired) electrons. The number of carbonyl (C=O) groups is 2. The summed E-state index contributed by atoms with van der Waals surface area (Å²) in [5.41, 5.74) is 2.26. The first-order valence-electron chi connectivity index (χ1n) is 11.5. The van der Waals surface area contributed by atoms with Gasteiger partial charge in [0.1, 0.15) is 23.5 Å². The Morgan fingerprint density at radius 3 is 2.25 bits per heavy atom. The molecule has 2 amide bonds. The third-order valence-electron chi connectivity index (χ3n) is 6.52. The monoisotopic (exact) mass is 518 g/mol. The van der Waals surface area contributed by atoms with Gasteiger partial charge in [-0.05, 0) is 48.0 Å². The van der Waals surface area contributed by atoms with Gasteiger partial charge in [-0.25, -0.2) is 5.06 Å². The Labute approximate surface area is 217 Å². The molecule has 0 saturated carbocycles. The molecule has 3 heterocycles. The fourth-order valence-electron chi connectivity index (χ4n) is 4.83. The molecule has 3 atom stereocenters. The Balaban J connectivity index is 1.38. The maximum atomic E-state index is 13.7. The molecule has 2 aliphatic rings. The molecule has 180 valence electrons. The van der Waals surface area contributed by atoms with Crippen LogP contribution in [-0.2, 0) is 21.0 Å². The molecule has 36 heavy (non-hydrogen) atoms. The fourth-order valence-corrected chi connectivity index (χ4v) is 5.33. The van der Waals surface area contributed by atoms with E-state index in [1.54, 1.807) is 35.4 Å². The predicted octanol–water partition coefficient (Wildman–Crippen LogP) is 6.30. The summed E-state index contributed by atoms with van der Waals surface area (Å²) in [7, 11) is 0. The van der Waals surface area contributed by atoms with Gasteiger partial charge in [0.2, 0.25) is 5.91 Å². The molecule has 0 unspecified atom stereocenters. The number of imide groups is 1. The van der Waals surface area contributed by atoms with Crippen LogP contribution >= 0.6 is 23.2 Å². The second-order valence-corrected chi connectivity index (χ2v) is 9.58. The van der Waals surface area contributed by atoms with E-state index in [0.29, 0.717) is 27.1 Å². The normalized spacial score (nSPS) is 21.3. The summed E-state index contributed by atoms with van der Waals surface area (Å²) in [5, 5.41) is 2.58. The topological polar surface area (TPSA) is 63.0 Å². The molecule has 6 rings (SSSR count). The van der Waals surface area contributed by atoms with Crippen LogP contribution in [0, 0.1) is 5.92 Å². The minimum Gasteiger partial charge on any atom is -0.459 e. The lowest BCUT2D eigenvalue weighted by Crippen LogP contribution is -2.36. The molecule has 2 aliphatic heterocycles. The Hall–Kier alpha value is -3.58. The zero-order chi connectivity index (χ0) is 24.8. The van der Waals surface area contributed by atoms with Crippen molar-refractivity contribution in [3.8, 4) is 11.3 Å². The van der Waals surface area contributed by atoms with E-state index in [-0.39, 0.29) is 18.4 Å². The van der Waals surface area contributed by atoms with Crippen molar-refractivity contribution in [1.29, 1.82) is 0 Å². The van der Waals surface area contributed by atoms with Gasteiger partial charge in [0, 0.05) is 10.6 Å². The SMILES string of the molecule is O=C1[C@H]2[C@H](ON(c3ccccc3)[C@@H]2c2ccc(-c3ccc(Cl)cc3Cl)o2)C(=O)N1Cc1ccccc1. The lowest BCUT2D eigenvalue weighted by atomic mass is 9.94.